The van der Waals surface area contributed by atoms with Gasteiger partial charge in [-0.3, -0.25) is 4.79 Å². The van der Waals surface area contributed by atoms with Crippen LogP contribution in [0.3, 0.4) is 0 Å². The third-order valence-corrected chi connectivity index (χ3v) is 6.83. The van der Waals surface area contributed by atoms with Gasteiger partial charge in [-0.2, -0.15) is 0 Å². The summed E-state index contributed by atoms with van der Waals surface area (Å²) in [6.07, 6.45) is 12.5. The summed E-state index contributed by atoms with van der Waals surface area (Å²) in [4.78, 5) is 24.8. The molecule has 4 atom stereocenters. The minimum Gasteiger partial charge on any atom is -0.481 e. The molecule has 4 unspecified atom stereocenters. The van der Waals surface area contributed by atoms with E-state index in [2.05, 4.69) is 0 Å². The van der Waals surface area contributed by atoms with E-state index in [4.69, 9.17) is 14.6 Å². The third kappa shape index (κ3) is 5.37. The molecule has 3 fully saturated rings. The molecule has 3 aliphatic rings. The molecule has 1 saturated carbocycles. The van der Waals surface area contributed by atoms with E-state index in [1.807, 2.05) is 7.05 Å². The number of aliphatic carboxylic acids is 1. The smallest absolute Gasteiger partial charge is 0.409 e. The molecule has 0 aromatic heterocycles. The zero-order valence-corrected chi connectivity index (χ0v) is 16.6. The van der Waals surface area contributed by atoms with Crippen LogP contribution in [0.4, 0.5) is 4.79 Å². The lowest BCUT2D eigenvalue weighted by Crippen LogP contribution is -2.38. The lowest BCUT2D eigenvalue weighted by Gasteiger charge is -2.29. The average Bonchev–Trinajstić information content (AvgIpc) is 3.39. The molecule has 1 aliphatic carbocycles. The maximum atomic E-state index is 12.4. The van der Waals surface area contributed by atoms with Crippen molar-refractivity contribution < 1.29 is 24.2 Å². The van der Waals surface area contributed by atoms with Crippen LogP contribution in [0.2, 0.25) is 0 Å². The van der Waals surface area contributed by atoms with Crippen molar-refractivity contribution in [3.05, 3.63) is 0 Å². The standard InChI is InChI=1S/C21H35NO5/c1-22(15-8-6-7-9-15)21(25)26-14-17-16(18-12-13-19(17)27-18)10-4-2-3-5-11-20(23)24/h15-19H,2-14H2,1H3,(H,23,24). The number of carboxylic acids is 1. The Labute approximate surface area is 162 Å². The van der Waals surface area contributed by atoms with E-state index in [-0.39, 0.29) is 18.6 Å². The summed E-state index contributed by atoms with van der Waals surface area (Å²) in [6, 6.07) is 0.343. The van der Waals surface area contributed by atoms with Gasteiger partial charge in [-0.05, 0) is 44.4 Å². The summed E-state index contributed by atoms with van der Waals surface area (Å²) >= 11 is 0. The van der Waals surface area contributed by atoms with Gasteiger partial charge in [-0.15, -0.1) is 0 Å². The van der Waals surface area contributed by atoms with Gasteiger partial charge in [0.25, 0.3) is 0 Å². The first kappa shape index (κ1) is 20.4. The number of carbonyl (C=O) groups is 2. The fourth-order valence-electron chi connectivity index (χ4n) is 5.22. The number of ether oxygens (including phenoxy) is 2. The van der Waals surface area contributed by atoms with E-state index in [0.29, 0.717) is 30.6 Å². The summed E-state index contributed by atoms with van der Waals surface area (Å²) in [5.41, 5.74) is 0. The van der Waals surface area contributed by atoms with Gasteiger partial charge in [0.2, 0.25) is 0 Å². The number of fused-ring (bicyclic) bond motifs is 2. The average molecular weight is 382 g/mol. The molecule has 1 N–H and O–H groups in total. The molecule has 6 nitrogen and oxygen atoms in total. The van der Waals surface area contributed by atoms with E-state index >= 15 is 0 Å². The van der Waals surface area contributed by atoms with E-state index in [1.165, 1.54) is 12.8 Å². The van der Waals surface area contributed by atoms with Crippen LogP contribution >= 0.6 is 0 Å². The summed E-state index contributed by atoms with van der Waals surface area (Å²) in [5.74, 6) is 0.0949. The topological polar surface area (TPSA) is 76.1 Å². The minimum atomic E-state index is -0.707. The molecule has 1 amide bonds. The molecule has 6 heteroatoms. The number of nitrogens with zero attached hydrogens (tertiary/aromatic N) is 1. The molecular formula is C21H35NO5. The van der Waals surface area contributed by atoms with Crippen molar-refractivity contribution >= 4 is 12.1 Å². The molecule has 3 rings (SSSR count). The van der Waals surface area contributed by atoms with Gasteiger partial charge in [-0.25, -0.2) is 4.79 Å². The molecule has 0 spiro atoms. The Kier molecular flexibility index (Phi) is 7.39. The fraction of sp³-hybridized carbons (Fsp3) is 0.905. The number of amides is 1. The Morgan fingerprint density at radius 2 is 1.67 bits per heavy atom. The van der Waals surface area contributed by atoms with Crippen molar-refractivity contribution in [2.75, 3.05) is 13.7 Å². The Bertz CT molecular complexity index is 505. The van der Waals surface area contributed by atoms with E-state index in [0.717, 1.165) is 57.8 Å². The third-order valence-electron chi connectivity index (χ3n) is 6.83. The monoisotopic (exact) mass is 381 g/mol. The van der Waals surface area contributed by atoms with Crippen LogP contribution in [-0.4, -0.2) is 54.0 Å². The zero-order chi connectivity index (χ0) is 19.2. The van der Waals surface area contributed by atoms with Crippen molar-refractivity contribution in [2.45, 2.75) is 95.3 Å². The Morgan fingerprint density at radius 3 is 2.37 bits per heavy atom. The molecule has 2 bridgehead atoms. The van der Waals surface area contributed by atoms with Crippen LogP contribution in [0, 0.1) is 11.8 Å². The van der Waals surface area contributed by atoms with Crippen molar-refractivity contribution in [1.82, 2.24) is 4.90 Å². The van der Waals surface area contributed by atoms with Crippen LogP contribution in [-0.2, 0) is 14.3 Å². The highest BCUT2D eigenvalue weighted by atomic mass is 16.6. The maximum absolute atomic E-state index is 12.4. The van der Waals surface area contributed by atoms with Gasteiger partial charge >= 0.3 is 12.1 Å². The fourth-order valence-corrected chi connectivity index (χ4v) is 5.22. The summed E-state index contributed by atoms with van der Waals surface area (Å²) < 4.78 is 11.8. The highest BCUT2D eigenvalue weighted by molar-refractivity contribution is 5.67. The number of carboxylic acid groups (broad SMARTS) is 1. The number of rotatable bonds is 10. The van der Waals surface area contributed by atoms with E-state index in [1.54, 1.807) is 4.90 Å². The van der Waals surface area contributed by atoms with Gasteiger partial charge in [0.1, 0.15) is 0 Å². The number of hydrogen-bond acceptors (Lipinski definition) is 4. The van der Waals surface area contributed by atoms with Gasteiger partial charge < -0.3 is 19.5 Å². The van der Waals surface area contributed by atoms with Gasteiger partial charge in [-0.1, -0.05) is 32.1 Å². The van der Waals surface area contributed by atoms with Gasteiger partial charge in [0, 0.05) is 25.4 Å². The predicted molar refractivity (Wildman–Crippen MR) is 102 cm³/mol. The molecule has 2 aliphatic heterocycles. The lowest BCUT2D eigenvalue weighted by atomic mass is 9.77. The summed E-state index contributed by atoms with van der Waals surface area (Å²) in [5, 5.41) is 8.70. The van der Waals surface area contributed by atoms with Crippen LogP contribution < -0.4 is 0 Å². The van der Waals surface area contributed by atoms with Crippen LogP contribution in [0.25, 0.3) is 0 Å². The normalized spacial score (nSPS) is 30.0. The van der Waals surface area contributed by atoms with Crippen molar-refractivity contribution in [3.8, 4) is 0 Å². The number of hydrogen-bond donors (Lipinski definition) is 1. The quantitative estimate of drug-likeness (QED) is 0.574. The SMILES string of the molecule is CN(C(=O)OCC1C2CCC(O2)C1CCCCCCC(=O)O)C1CCCC1. The van der Waals surface area contributed by atoms with Gasteiger partial charge in [0.15, 0.2) is 0 Å². The number of carbonyl (C=O) groups excluding carboxylic acids is 1. The van der Waals surface area contributed by atoms with Crippen molar-refractivity contribution in [1.29, 1.82) is 0 Å². The summed E-state index contributed by atoms with van der Waals surface area (Å²) in [7, 11) is 1.87. The second-order valence-corrected chi connectivity index (χ2v) is 8.59. The molecule has 0 radical (unpaired) electrons. The lowest BCUT2D eigenvalue weighted by molar-refractivity contribution is -0.137. The number of unbranched alkanes of at least 4 members (excludes halogenated alkanes) is 3. The first-order valence-electron chi connectivity index (χ1n) is 10.8. The zero-order valence-electron chi connectivity index (χ0n) is 16.6. The maximum Gasteiger partial charge on any atom is 0.409 e. The Balaban J connectivity index is 1.40. The van der Waals surface area contributed by atoms with Crippen LogP contribution in [0.15, 0.2) is 0 Å². The molecule has 0 aromatic carbocycles. The van der Waals surface area contributed by atoms with Crippen molar-refractivity contribution in [3.63, 3.8) is 0 Å². The molecule has 154 valence electrons. The first-order chi connectivity index (χ1) is 13.1. The highest BCUT2D eigenvalue weighted by Crippen LogP contribution is 2.45. The van der Waals surface area contributed by atoms with E-state index < -0.39 is 5.97 Å². The predicted octanol–water partition coefficient (Wildman–Crippen LogP) is 4.22. The second kappa shape index (κ2) is 9.76. The molecular weight excluding hydrogens is 346 g/mol. The molecule has 2 saturated heterocycles. The second-order valence-electron chi connectivity index (χ2n) is 8.59. The Hall–Kier alpha value is -1.30. The molecule has 2 heterocycles. The highest BCUT2D eigenvalue weighted by Gasteiger charge is 2.48. The summed E-state index contributed by atoms with van der Waals surface area (Å²) in [6.45, 7) is 0.473. The molecule has 27 heavy (non-hydrogen) atoms. The van der Waals surface area contributed by atoms with Crippen molar-refractivity contribution in [2.24, 2.45) is 11.8 Å². The first-order valence-corrected chi connectivity index (χ1v) is 10.8. The van der Waals surface area contributed by atoms with Gasteiger partial charge in [0.05, 0.1) is 18.8 Å². The Morgan fingerprint density at radius 1 is 1.00 bits per heavy atom. The van der Waals surface area contributed by atoms with Crippen LogP contribution in [0.5, 0.6) is 0 Å². The molecule has 0 aromatic rings. The largest absolute Gasteiger partial charge is 0.481 e. The van der Waals surface area contributed by atoms with E-state index in [9.17, 15) is 9.59 Å². The minimum absolute atomic E-state index is 0.183. The van der Waals surface area contributed by atoms with Crippen LogP contribution in [0.1, 0.15) is 77.0 Å².